The first kappa shape index (κ1) is 13.7. The fourth-order valence-electron chi connectivity index (χ4n) is 0.513. The van der Waals surface area contributed by atoms with E-state index in [0.717, 1.165) is 12.3 Å². The summed E-state index contributed by atoms with van der Waals surface area (Å²) in [6.07, 6.45) is 0.567. The molecule has 0 bridgehead atoms. The second-order valence-electron chi connectivity index (χ2n) is 2.88. The maximum Gasteiger partial charge on any atom is 0.0635 e. The van der Waals surface area contributed by atoms with Crippen LogP contribution >= 0.6 is 25.0 Å². The highest BCUT2D eigenvalue weighted by Crippen LogP contribution is 2.02. The van der Waals surface area contributed by atoms with Crippen LogP contribution in [-0.4, -0.2) is 17.8 Å². The average molecular weight is 195 g/mol. The quantitative estimate of drug-likeness (QED) is 0.527. The van der Waals surface area contributed by atoms with E-state index in [9.17, 15) is 0 Å². The molecule has 0 atom stereocenters. The molecule has 0 aliphatic heterocycles. The van der Waals surface area contributed by atoms with Crippen molar-refractivity contribution in [1.29, 1.82) is 5.26 Å². The SMILES string of the molecule is CC(C)(CS)NCCC#N.Cl. The lowest BCUT2D eigenvalue weighted by atomic mass is 10.1. The molecule has 0 aromatic carbocycles. The molecular formula is C7H15ClN2S. The van der Waals surface area contributed by atoms with E-state index in [4.69, 9.17) is 5.26 Å². The molecule has 66 valence electrons. The predicted octanol–water partition coefficient (Wildman–Crippen LogP) is 1.62. The van der Waals surface area contributed by atoms with E-state index < -0.39 is 0 Å². The van der Waals surface area contributed by atoms with Gasteiger partial charge in [0, 0.05) is 24.3 Å². The van der Waals surface area contributed by atoms with Crippen molar-refractivity contribution in [3.05, 3.63) is 0 Å². The van der Waals surface area contributed by atoms with Gasteiger partial charge < -0.3 is 5.32 Å². The molecule has 0 amide bonds. The Labute approximate surface area is 80.2 Å². The predicted molar refractivity (Wildman–Crippen MR) is 53.4 cm³/mol. The van der Waals surface area contributed by atoms with Crippen molar-refractivity contribution in [3.8, 4) is 6.07 Å². The smallest absolute Gasteiger partial charge is 0.0635 e. The van der Waals surface area contributed by atoms with Gasteiger partial charge in [-0.15, -0.1) is 12.4 Å². The second kappa shape index (κ2) is 6.78. The Morgan fingerprint density at radius 3 is 2.45 bits per heavy atom. The highest BCUT2D eigenvalue weighted by molar-refractivity contribution is 7.80. The Morgan fingerprint density at radius 1 is 1.55 bits per heavy atom. The van der Waals surface area contributed by atoms with E-state index >= 15 is 0 Å². The molecule has 0 aliphatic carbocycles. The average Bonchev–Trinajstić information content (AvgIpc) is 1.89. The van der Waals surface area contributed by atoms with Crippen molar-refractivity contribution in [2.24, 2.45) is 0 Å². The normalized spacial score (nSPS) is 10.0. The van der Waals surface area contributed by atoms with Gasteiger partial charge in [-0.25, -0.2) is 0 Å². The van der Waals surface area contributed by atoms with E-state index in [2.05, 4.69) is 37.9 Å². The van der Waals surface area contributed by atoms with E-state index in [1.54, 1.807) is 0 Å². The maximum atomic E-state index is 8.23. The Balaban J connectivity index is 0. The van der Waals surface area contributed by atoms with Gasteiger partial charge in [0.05, 0.1) is 6.07 Å². The van der Waals surface area contributed by atoms with Gasteiger partial charge in [0.2, 0.25) is 0 Å². The second-order valence-corrected chi connectivity index (χ2v) is 3.19. The molecule has 0 saturated carbocycles. The summed E-state index contributed by atoms with van der Waals surface area (Å²) in [6.45, 7) is 4.89. The van der Waals surface area contributed by atoms with Crippen molar-refractivity contribution in [2.75, 3.05) is 12.3 Å². The zero-order valence-electron chi connectivity index (χ0n) is 6.92. The number of nitrogens with one attached hydrogen (secondary N) is 1. The molecule has 0 aromatic rings. The molecule has 0 aromatic heterocycles. The lowest BCUT2D eigenvalue weighted by Crippen LogP contribution is -2.41. The minimum Gasteiger partial charge on any atom is -0.310 e. The summed E-state index contributed by atoms with van der Waals surface area (Å²) in [5.74, 6) is 0.790. The summed E-state index contributed by atoms with van der Waals surface area (Å²) >= 11 is 4.16. The number of nitrogens with zero attached hydrogens (tertiary/aromatic N) is 1. The Kier molecular flexibility index (Phi) is 8.42. The van der Waals surface area contributed by atoms with Gasteiger partial charge in [-0.3, -0.25) is 0 Å². The van der Waals surface area contributed by atoms with Crippen LogP contribution in [-0.2, 0) is 0 Å². The topological polar surface area (TPSA) is 35.8 Å². The zero-order valence-corrected chi connectivity index (χ0v) is 8.63. The fraction of sp³-hybridized carbons (Fsp3) is 0.857. The van der Waals surface area contributed by atoms with Crippen LogP contribution in [0.25, 0.3) is 0 Å². The van der Waals surface area contributed by atoms with Crippen LogP contribution in [0.1, 0.15) is 20.3 Å². The lowest BCUT2D eigenvalue weighted by molar-refractivity contribution is 0.441. The molecule has 0 spiro atoms. The number of rotatable bonds is 4. The van der Waals surface area contributed by atoms with Crippen LogP contribution < -0.4 is 5.32 Å². The van der Waals surface area contributed by atoms with Crippen LogP contribution in [0.2, 0.25) is 0 Å². The van der Waals surface area contributed by atoms with Crippen LogP contribution in [0.3, 0.4) is 0 Å². The highest BCUT2D eigenvalue weighted by atomic mass is 35.5. The van der Waals surface area contributed by atoms with Gasteiger partial charge in [-0.1, -0.05) is 0 Å². The van der Waals surface area contributed by atoms with Gasteiger partial charge in [0.15, 0.2) is 0 Å². The molecule has 0 radical (unpaired) electrons. The van der Waals surface area contributed by atoms with Crippen LogP contribution in [0, 0.1) is 11.3 Å². The van der Waals surface area contributed by atoms with E-state index in [1.165, 1.54) is 0 Å². The van der Waals surface area contributed by atoms with Crippen molar-refractivity contribution in [1.82, 2.24) is 5.32 Å². The van der Waals surface area contributed by atoms with Gasteiger partial charge in [0.25, 0.3) is 0 Å². The Hall–Kier alpha value is 0.0900. The van der Waals surface area contributed by atoms with Crippen LogP contribution in [0.4, 0.5) is 0 Å². The molecule has 11 heavy (non-hydrogen) atoms. The zero-order chi connectivity index (χ0) is 8.04. The minimum absolute atomic E-state index is 0. The highest BCUT2D eigenvalue weighted by Gasteiger charge is 2.12. The summed E-state index contributed by atoms with van der Waals surface area (Å²) < 4.78 is 0. The van der Waals surface area contributed by atoms with Gasteiger partial charge in [0.1, 0.15) is 0 Å². The monoisotopic (exact) mass is 194 g/mol. The van der Waals surface area contributed by atoms with Crippen LogP contribution in [0.5, 0.6) is 0 Å². The number of thiol groups is 1. The molecular weight excluding hydrogens is 180 g/mol. The van der Waals surface area contributed by atoms with E-state index in [1.807, 2.05) is 0 Å². The number of halogens is 1. The first-order chi connectivity index (χ1) is 4.62. The molecule has 4 heteroatoms. The first-order valence-electron chi connectivity index (χ1n) is 3.35. The summed E-state index contributed by atoms with van der Waals surface area (Å²) in [4.78, 5) is 0. The third-order valence-electron chi connectivity index (χ3n) is 1.24. The standard InChI is InChI=1S/C7H14N2S.ClH/c1-7(2,6-10)9-5-3-4-8;/h9-10H,3,5-6H2,1-2H3;1H. The molecule has 0 heterocycles. The first-order valence-corrected chi connectivity index (χ1v) is 3.98. The molecule has 0 saturated heterocycles. The third-order valence-corrected chi connectivity index (χ3v) is 2.03. The summed E-state index contributed by atoms with van der Waals surface area (Å²) in [5, 5.41) is 11.4. The summed E-state index contributed by atoms with van der Waals surface area (Å²) in [7, 11) is 0. The van der Waals surface area contributed by atoms with Crippen molar-refractivity contribution in [3.63, 3.8) is 0 Å². The van der Waals surface area contributed by atoms with Gasteiger partial charge in [-0.05, 0) is 13.8 Å². The Morgan fingerprint density at radius 2 is 2.09 bits per heavy atom. The molecule has 0 rings (SSSR count). The van der Waals surface area contributed by atoms with E-state index in [0.29, 0.717) is 6.42 Å². The maximum absolute atomic E-state index is 8.23. The van der Waals surface area contributed by atoms with Crippen molar-refractivity contribution in [2.45, 2.75) is 25.8 Å². The fourth-order valence-corrected chi connectivity index (χ4v) is 0.624. The number of nitriles is 1. The van der Waals surface area contributed by atoms with Gasteiger partial charge >= 0.3 is 0 Å². The largest absolute Gasteiger partial charge is 0.310 e. The van der Waals surface area contributed by atoms with Crippen molar-refractivity contribution >= 4 is 25.0 Å². The van der Waals surface area contributed by atoms with Gasteiger partial charge in [-0.2, -0.15) is 17.9 Å². The molecule has 2 nitrogen and oxygen atoms in total. The minimum atomic E-state index is 0. The summed E-state index contributed by atoms with van der Waals surface area (Å²) in [5.41, 5.74) is 0.0555. The van der Waals surface area contributed by atoms with E-state index in [-0.39, 0.29) is 17.9 Å². The molecule has 1 N–H and O–H groups in total. The summed E-state index contributed by atoms with van der Waals surface area (Å²) in [6, 6.07) is 2.08. The van der Waals surface area contributed by atoms with Crippen LogP contribution in [0.15, 0.2) is 0 Å². The molecule has 0 fully saturated rings. The number of hydrogen-bond acceptors (Lipinski definition) is 3. The third kappa shape index (κ3) is 7.99. The Bertz CT molecular complexity index is 131. The molecule has 0 aliphatic rings. The number of hydrogen-bond donors (Lipinski definition) is 2. The lowest BCUT2D eigenvalue weighted by Gasteiger charge is -2.22. The van der Waals surface area contributed by atoms with Crippen molar-refractivity contribution < 1.29 is 0 Å². The molecule has 0 unspecified atom stereocenters.